The first-order valence-corrected chi connectivity index (χ1v) is 10.3. The van der Waals surface area contributed by atoms with Crippen molar-refractivity contribution in [3.8, 4) is 0 Å². The SMILES string of the molecule is CN(Sc1ccc(/C=C/C2C=NN(C(=O)c3ccccc3)C2)cc1)c1ncccn1. The standard InChI is InChI=1S/C23H21N5OS/c1-27(23-24-14-5-15-25-23)30-21-12-10-18(11-13-21)8-9-19-16-26-28(17-19)22(29)20-6-3-2-4-7-20/h2-16,19H,17H2,1H3/b9-8+. The summed E-state index contributed by atoms with van der Waals surface area (Å²) < 4.78 is 1.93. The van der Waals surface area contributed by atoms with Gasteiger partial charge in [-0.2, -0.15) is 5.10 Å². The third-order valence-corrected chi connectivity index (χ3v) is 5.45. The second-order valence-electron chi connectivity index (χ2n) is 6.75. The number of rotatable bonds is 6. The van der Waals surface area contributed by atoms with Crippen LogP contribution >= 0.6 is 11.9 Å². The summed E-state index contributed by atoms with van der Waals surface area (Å²) in [5, 5.41) is 5.79. The van der Waals surface area contributed by atoms with Crippen LogP contribution in [0.3, 0.4) is 0 Å². The number of aromatic nitrogens is 2. The first-order chi connectivity index (χ1) is 14.7. The number of hydrazone groups is 1. The Morgan fingerprint density at radius 2 is 1.80 bits per heavy atom. The molecule has 1 aliphatic rings. The molecule has 0 spiro atoms. The van der Waals surface area contributed by atoms with Gasteiger partial charge < -0.3 is 0 Å². The predicted molar refractivity (Wildman–Crippen MR) is 121 cm³/mol. The smallest absolute Gasteiger partial charge is 0.273 e. The molecular formula is C23H21N5OS. The molecule has 2 aromatic carbocycles. The number of amides is 1. The molecule has 0 saturated heterocycles. The van der Waals surface area contributed by atoms with Gasteiger partial charge in [-0.25, -0.2) is 15.0 Å². The molecule has 0 saturated carbocycles. The highest BCUT2D eigenvalue weighted by atomic mass is 32.2. The fourth-order valence-electron chi connectivity index (χ4n) is 2.96. The monoisotopic (exact) mass is 415 g/mol. The van der Waals surface area contributed by atoms with Gasteiger partial charge in [0, 0.05) is 42.0 Å². The van der Waals surface area contributed by atoms with Gasteiger partial charge in [0.15, 0.2) is 0 Å². The summed E-state index contributed by atoms with van der Waals surface area (Å²) in [6, 6.07) is 19.3. The number of nitrogens with zero attached hydrogens (tertiary/aromatic N) is 5. The molecule has 4 rings (SSSR count). The predicted octanol–water partition coefficient (Wildman–Crippen LogP) is 4.39. The number of benzene rings is 2. The Balaban J connectivity index is 1.32. The third kappa shape index (κ3) is 4.93. The molecule has 30 heavy (non-hydrogen) atoms. The normalized spacial score (nSPS) is 15.6. The third-order valence-electron chi connectivity index (χ3n) is 4.53. The van der Waals surface area contributed by atoms with Gasteiger partial charge in [0.2, 0.25) is 5.95 Å². The Labute approximate surface area is 180 Å². The summed E-state index contributed by atoms with van der Waals surface area (Å²) in [7, 11) is 1.94. The van der Waals surface area contributed by atoms with Crippen LogP contribution < -0.4 is 4.31 Å². The van der Waals surface area contributed by atoms with Crippen LogP contribution in [0.15, 0.2) is 89.1 Å². The van der Waals surface area contributed by atoms with Crippen molar-refractivity contribution >= 4 is 36.1 Å². The van der Waals surface area contributed by atoms with E-state index in [-0.39, 0.29) is 11.8 Å². The van der Waals surface area contributed by atoms with Crippen molar-refractivity contribution in [1.29, 1.82) is 0 Å². The lowest BCUT2D eigenvalue weighted by atomic mass is 10.1. The van der Waals surface area contributed by atoms with E-state index in [0.29, 0.717) is 18.1 Å². The molecule has 0 fully saturated rings. The zero-order chi connectivity index (χ0) is 20.8. The Kier molecular flexibility index (Phi) is 6.20. The summed E-state index contributed by atoms with van der Waals surface area (Å²) in [5.74, 6) is 0.699. The molecule has 0 bridgehead atoms. The van der Waals surface area contributed by atoms with Gasteiger partial charge in [0.05, 0.1) is 6.54 Å². The van der Waals surface area contributed by atoms with Crippen LogP contribution in [0.4, 0.5) is 5.95 Å². The van der Waals surface area contributed by atoms with Crippen molar-refractivity contribution in [2.75, 3.05) is 17.9 Å². The largest absolute Gasteiger partial charge is 0.283 e. The zero-order valence-electron chi connectivity index (χ0n) is 16.5. The summed E-state index contributed by atoms with van der Waals surface area (Å²) in [5.41, 5.74) is 1.75. The molecule has 150 valence electrons. The van der Waals surface area contributed by atoms with E-state index in [1.165, 1.54) is 5.01 Å². The maximum absolute atomic E-state index is 12.5. The van der Waals surface area contributed by atoms with E-state index in [4.69, 9.17) is 0 Å². The topological polar surface area (TPSA) is 61.7 Å². The molecule has 0 radical (unpaired) electrons. The van der Waals surface area contributed by atoms with Crippen molar-refractivity contribution < 1.29 is 4.79 Å². The average Bonchev–Trinajstić information content (AvgIpc) is 3.28. The first-order valence-electron chi connectivity index (χ1n) is 9.57. The molecule has 3 aromatic rings. The maximum atomic E-state index is 12.5. The highest BCUT2D eigenvalue weighted by Gasteiger charge is 2.22. The van der Waals surface area contributed by atoms with Crippen molar-refractivity contribution in [2.45, 2.75) is 4.90 Å². The molecular weight excluding hydrogens is 394 g/mol. The second-order valence-corrected chi connectivity index (χ2v) is 7.95. The molecule has 2 heterocycles. The number of hydrogen-bond donors (Lipinski definition) is 0. The molecule has 1 aliphatic heterocycles. The molecule has 6 nitrogen and oxygen atoms in total. The van der Waals surface area contributed by atoms with Gasteiger partial charge in [-0.3, -0.25) is 9.10 Å². The Morgan fingerprint density at radius 1 is 1.07 bits per heavy atom. The van der Waals surface area contributed by atoms with Crippen LogP contribution in [0, 0.1) is 5.92 Å². The van der Waals surface area contributed by atoms with E-state index in [2.05, 4.69) is 51.5 Å². The van der Waals surface area contributed by atoms with Gasteiger partial charge >= 0.3 is 0 Å². The zero-order valence-corrected chi connectivity index (χ0v) is 17.3. The van der Waals surface area contributed by atoms with Gasteiger partial charge in [0.25, 0.3) is 5.91 Å². The first kappa shape index (κ1) is 19.8. The molecule has 1 unspecified atom stereocenters. The van der Waals surface area contributed by atoms with E-state index in [1.807, 2.05) is 47.9 Å². The fraction of sp³-hybridized carbons (Fsp3) is 0.130. The lowest BCUT2D eigenvalue weighted by Gasteiger charge is -2.14. The van der Waals surface area contributed by atoms with Crippen LogP contribution in [0.5, 0.6) is 0 Å². The second kappa shape index (κ2) is 9.37. The van der Waals surface area contributed by atoms with E-state index < -0.39 is 0 Å². The summed E-state index contributed by atoms with van der Waals surface area (Å²) >= 11 is 1.57. The lowest BCUT2D eigenvalue weighted by Crippen LogP contribution is -2.25. The number of anilines is 1. The van der Waals surface area contributed by atoms with E-state index in [1.54, 1.807) is 30.4 Å². The fourth-order valence-corrected chi connectivity index (χ4v) is 3.71. The molecule has 1 aromatic heterocycles. The van der Waals surface area contributed by atoms with Gasteiger partial charge in [-0.05, 0) is 47.8 Å². The van der Waals surface area contributed by atoms with Crippen molar-refractivity contribution in [3.63, 3.8) is 0 Å². The maximum Gasteiger partial charge on any atom is 0.273 e. The van der Waals surface area contributed by atoms with E-state index in [9.17, 15) is 4.79 Å². The van der Waals surface area contributed by atoms with Crippen LogP contribution in [0.2, 0.25) is 0 Å². The van der Waals surface area contributed by atoms with Gasteiger partial charge in [-0.15, -0.1) is 0 Å². The minimum atomic E-state index is -0.0735. The quantitative estimate of drug-likeness (QED) is 0.559. The number of carbonyl (C=O) groups excluding carboxylic acids is 1. The van der Waals surface area contributed by atoms with Crippen LogP contribution in [0.1, 0.15) is 15.9 Å². The Morgan fingerprint density at radius 3 is 2.53 bits per heavy atom. The molecule has 1 atom stereocenters. The van der Waals surface area contributed by atoms with Crippen molar-refractivity contribution in [1.82, 2.24) is 15.0 Å². The van der Waals surface area contributed by atoms with Gasteiger partial charge in [-0.1, -0.05) is 42.5 Å². The Bertz CT molecular complexity index is 1040. The summed E-state index contributed by atoms with van der Waals surface area (Å²) in [4.78, 5) is 22.1. The molecule has 0 N–H and O–H groups in total. The number of hydrogen-bond acceptors (Lipinski definition) is 6. The molecule has 7 heteroatoms. The van der Waals surface area contributed by atoms with E-state index in [0.717, 1.165) is 10.5 Å². The van der Waals surface area contributed by atoms with Crippen LogP contribution in [-0.4, -0.2) is 40.7 Å². The van der Waals surface area contributed by atoms with Crippen molar-refractivity contribution in [3.05, 3.63) is 90.3 Å². The Hall–Kier alpha value is -3.45. The molecule has 0 aliphatic carbocycles. The molecule has 1 amide bonds. The average molecular weight is 416 g/mol. The minimum absolute atomic E-state index is 0.0735. The van der Waals surface area contributed by atoms with E-state index >= 15 is 0 Å². The summed E-state index contributed by atoms with van der Waals surface area (Å²) in [6.45, 7) is 0.556. The highest BCUT2D eigenvalue weighted by Crippen LogP contribution is 2.25. The lowest BCUT2D eigenvalue weighted by molar-refractivity contribution is 0.0772. The highest BCUT2D eigenvalue weighted by molar-refractivity contribution is 8.00. The van der Waals surface area contributed by atoms with Crippen LogP contribution in [-0.2, 0) is 0 Å². The van der Waals surface area contributed by atoms with Gasteiger partial charge in [0.1, 0.15) is 0 Å². The number of carbonyl (C=O) groups is 1. The minimum Gasteiger partial charge on any atom is -0.283 e. The van der Waals surface area contributed by atoms with Crippen molar-refractivity contribution in [2.24, 2.45) is 11.0 Å². The summed E-state index contributed by atoms with van der Waals surface area (Å²) in [6.07, 6.45) is 9.41. The van der Waals surface area contributed by atoms with Crippen LogP contribution in [0.25, 0.3) is 6.08 Å².